The van der Waals surface area contributed by atoms with Crippen LogP contribution >= 0.6 is 11.6 Å². The van der Waals surface area contributed by atoms with Crippen molar-refractivity contribution in [3.63, 3.8) is 0 Å². The van der Waals surface area contributed by atoms with Crippen molar-refractivity contribution in [1.82, 2.24) is 10.5 Å². The molecule has 0 amide bonds. The molecule has 136 valence electrons. The third-order valence-electron chi connectivity index (χ3n) is 4.54. The zero-order chi connectivity index (χ0) is 18.6. The van der Waals surface area contributed by atoms with Crippen molar-refractivity contribution in [2.45, 2.75) is 18.9 Å². The van der Waals surface area contributed by atoms with Crippen LogP contribution in [0.4, 0.5) is 0 Å². The number of halogens is 1. The lowest BCUT2D eigenvalue weighted by molar-refractivity contribution is 0.234. The van der Waals surface area contributed by atoms with Gasteiger partial charge in [-0.25, -0.2) is 4.98 Å². The Labute approximate surface area is 162 Å². The Hall–Kier alpha value is -2.89. The van der Waals surface area contributed by atoms with Gasteiger partial charge in [0, 0.05) is 22.8 Å². The van der Waals surface area contributed by atoms with Crippen LogP contribution in [0.3, 0.4) is 0 Å². The van der Waals surface area contributed by atoms with Crippen LogP contribution in [0.5, 0.6) is 11.6 Å². The fourth-order valence-corrected chi connectivity index (χ4v) is 3.32. The third kappa shape index (κ3) is 3.94. The SMILES string of the molecule is ONC(=NC1CCc2ccccc21)c1ccc(Oc2ccc(Cl)cc2)nc1. The van der Waals surface area contributed by atoms with E-state index >= 15 is 0 Å². The highest BCUT2D eigenvalue weighted by Crippen LogP contribution is 2.34. The molecule has 3 aromatic rings. The smallest absolute Gasteiger partial charge is 0.219 e. The molecule has 1 heterocycles. The van der Waals surface area contributed by atoms with E-state index in [-0.39, 0.29) is 6.04 Å². The van der Waals surface area contributed by atoms with Gasteiger partial charge in [-0.15, -0.1) is 0 Å². The molecule has 1 atom stereocenters. The van der Waals surface area contributed by atoms with Crippen LogP contribution in [0, 0.1) is 0 Å². The summed E-state index contributed by atoms with van der Waals surface area (Å²) in [5.74, 6) is 1.49. The van der Waals surface area contributed by atoms with Gasteiger partial charge in [0.25, 0.3) is 0 Å². The molecule has 2 N–H and O–H groups in total. The van der Waals surface area contributed by atoms with Gasteiger partial charge >= 0.3 is 0 Å². The van der Waals surface area contributed by atoms with E-state index in [1.54, 1.807) is 42.6 Å². The number of benzene rings is 2. The van der Waals surface area contributed by atoms with Crippen molar-refractivity contribution in [2.75, 3.05) is 0 Å². The lowest BCUT2D eigenvalue weighted by Gasteiger charge is -2.11. The number of aromatic nitrogens is 1. The first-order chi connectivity index (χ1) is 13.2. The maximum atomic E-state index is 9.57. The van der Waals surface area contributed by atoms with E-state index in [1.807, 2.05) is 12.1 Å². The molecule has 27 heavy (non-hydrogen) atoms. The number of rotatable bonds is 4. The summed E-state index contributed by atoms with van der Waals surface area (Å²) >= 11 is 5.87. The van der Waals surface area contributed by atoms with Gasteiger partial charge in [-0.1, -0.05) is 35.9 Å². The normalized spacial score (nSPS) is 16.1. The molecule has 0 radical (unpaired) electrons. The Morgan fingerprint density at radius 2 is 1.93 bits per heavy atom. The Kier molecular flexibility index (Phi) is 5.05. The van der Waals surface area contributed by atoms with Gasteiger partial charge in [-0.05, 0) is 54.3 Å². The van der Waals surface area contributed by atoms with Crippen molar-refractivity contribution in [3.05, 3.63) is 88.6 Å². The molecule has 2 aromatic carbocycles. The highest BCUT2D eigenvalue weighted by molar-refractivity contribution is 6.30. The number of ether oxygens (including phenoxy) is 1. The first kappa shape index (κ1) is 17.5. The van der Waals surface area contributed by atoms with E-state index in [4.69, 9.17) is 16.3 Å². The quantitative estimate of drug-likeness (QED) is 0.383. The molecule has 1 aliphatic rings. The molecule has 0 saturated carbocycles. The molecular formula is C21H18ClN3O2. The summed E-state index contributed by atoms with van der Waals surface area (Å²) in [7, 11) is 0. The van der Waals surface area contributed by atoms with Gasteiger partial charge in [-0.3, -0.25) is 15.7 Å². The van der Waals surface area contributed by atoms with Crippen LogP contribution in [0.2, 0.25) is 5.02 Å². The van der Waals surface area contributed by atoms with Gasteiger partial charge in [0.15, 0.2) is 5.84 Å². The number of aryl methyl sites for hydroxylation is 1. The lowest BCUT2D eigenvalue weighted by Crippen LogP contribution is -2.21. The molecule has 0 saturated heterocycles. The van der Waals surface area contributed by atoms with Crippen molar-refractivity contribution >= 4 is 17.4 Å². The second-order valence-corrected chi connectivity index (χ2v) is 6.72. The van der Waals surface area contributed by atoms with E-state index in [9.17, 15) is 5.21 Å². The zero-order valence-corrected chi connectivity index (χ0v) is 15.2. The van der Waals surface area contributed by atoms with Crippen molar-refractivity contribution in [1.29, 1.82) is 0 Å². The molecule has 5 nitrogen and oxygen atoms in total. The standard InChI is InChI=1S/C21H18ClN3O2/c22-16-7-9-17(10-8-16)27-20-12-6-15(13-23-20)21(25-26)24-19-11-5-14-3-1-2-4-18(14)19/h1-4,6-10,12-13,19,26H,5,11H2,(H,24,25). The second-order valence-electron chi connectivity index (χ2n) is 6.28. The van der Waals surface area contributed by atoms with Crippen LogP contribution in [-0.4, -0.2) is 16.0 Å². The highest BCUT2D eigenvalue weighted by atomic mass is 35.5. The predicted octanol–water partition coefficient (Wildman–Crippen LogP) is 4.94. The Balaban J connectivity index is 1.52. The molecule has 4 rings (SSSR count). The number of aliphatic imine (C=N–C) groups is 1. The maximum absolute atomic E-state index is 9.57. The molecule has 6 heteroatoms. The lowest BCUT2D eigenvalue weighted by atomic mass is 10.1. The minimum atomic E-state index is 0.0286. The van der Waals surface area contributed by atoms with Crippen molar-refractivity contribution < 1.29 is 9.94 Å². The largest absolute Gasteiger partial charge is 0.439 e. The minimum Gasteiger partial charge on any atom is -0.439 e. The number of amidine groups is 1. The molecule has 1 aliphatic carbocycles. The van der Waals surface area contributed by atoms with Crippen LogP contribution in [0.1, 0.15) is 29.2 Å². The molecule has 0 fully saturated rings. The van der Waals surface area contributed by atoms with E-state index < -0.39 is 0 Å². The number of nitrogens with one attached hydrogen (secondary N) is 1. The van der Waals surface area contributed by atoms with E-state index in [0.717, 1.165) is 12.8 Å². The Bertz CT molecular complexity index is 956. The fraction of sp³-hybridized carbons (Fsp3) is 0.143. The van der Waals surface area contributed by atoms with Gasteiger partial charge in [0.05, 0.1) is 6.04 Å². The van der Waals surface area contributed by atoms with E-state index in [0.29, 0.717) is 28.1 Å². The summed E-state index contributed by atoms with van der Waals surface area (Å²) in [5.41, 5.74) is 5.41. The monoisotopic (exact) mass is 379 g/mol. The van der Waals surface area contributed by atoms with Crippen molar-refractivity contribution in [3.8, 4) is 11.6 Å². The predicted molar refractivity (Wildman–Crippen MR) is 105 cm³/mol. The average molecular weight is 380 g/mol. The summed E-state index contributed by atoms with van der Waals surface area (Å²) in [4.78, 5) is 8.99. The molecule has 0 aliphatic heterocycles. The van der Waals surface area contributed by atoms with Gasteiger partial charge < -0.3 is 4.74 Å². The van der Waals surface area contributed by atoms with Crippen LogP contribution < -0.4 is 10.2 Å². The molecular weight excluding hydrogens is 362 g/mol. The van der Waals surface area contributed by atoms with Gasteiger partial charge in [0.1, 0.15) is 5.75 Å². The summed E-state index contributed by atoms with van der Waals surface area (Å²) in [6, 6.07) is 18.9. The molecule has 0 bridgehead atoms. The van der Waals surface area contributed by atoms with Crippen LogP contribution in [0.15, 0.2) is 71.9 Å². The number of hydroxylamine groups is 1. The summed E-state index contributed by atoms with van der Waals surface area (Å²) in [6.07, 6.45) is 3.54. The molecule has 1 unspecified atom stereocenters. The maximum Gasteiger partial charge on any atom is 0.219 e. The van der Waals surface area contributed by atoms with Crippen LogP contribution in [-0.2, 0) is 6.42 Å². The summed E-state index contributed by atoms with van der Waals surface area (Å²) in [5, 5.41) is 10.2. The Morgan fingerprint density at radius 1 is 1.11 bits per heavy atom. The van der Waals surface area contributed by atoms with Crippen LogP contribution in [0.25, 0.3) is 0 Å². The first-order valence-electron chi connectivity index (χ1n) is 8.68. The first-order valence-corrected chi connectivity index (χ1v) is 9.06. The minimum absolute atomic E-state index is 0.0286. The number of pyridine rings is 1. The molecule has 0 spiro atoms. The zero-order valence-electron chi connectivity index (χ0n) is 14.5. The topological polar surface area (TPSA) is 66.7 Å². The number of nitrogens with zero attached hydrogens (tertiary/aromatic N) is 2. The van der Waals surface area contributed by atoms with Gasteiger partial charge in [-0.2, -0.15) is 0 Å². The average Bonchev–Trinajstić information content (AvgIpc) is 3.12. The van der Waals surface area contributed by atoms with Crippen molar-refractivity contribution in [2.24, 2.45) is 4.99 Å². The number of hydrogen-bond acceptors (Lipinski definition) is 4. The second kappa shape index (κ2) is 7.78. The fourth-order valence-electron chi connectivity index (χ4n) is 3.20. The highest BCUT2D eigenvalue weighted by Gasteiger charge is 2.22. The Morgan fingerprint density at radius 3 is 2.67 bits per heavy atom. The summed E-state index contributed by atoms with van der Waals surface area (Å²) < 4.78 is 5.69. The van der Waals surface area contributed by atoms with E-state index in [2.05, 4.69) is 27.6 Å². The molecule has 1 aromatic heterocycles. The third-order valence-corrected chi connectivity index (χ3v) is 4.79. The van der Waals surface area contributed by atoms with Gasteiger partial charge in [0.2, 0.25) is 5.88 Å². The van der Waals surface area contributed by atoms with E-state index in [1.165, 1.54) is 11.1 Å². The summed E-state index contributed by atoms with van der Waals surface area (Å²) in [6.45, 7) is 0. The number of fused-ring (bicyclic) bond motifs is 1. The number of hydrogen-bond donors (Lipinski definition) is 2.